The van der Waals surface area contributed by atoms with Gasteiger partial charge in [0.25, 0.3) is 0 Å². The quantitative estimate of drug-likeness (QED) is 0.306. The van der Waals surface area contributed by atoms with E-state index in [9.17, 15) is 0 Å². The Morgan fingerprint density at radius 3 is 2.57 bits per heavy atom. The molecular formula is C21H39IN4OS. The Bertz CT molecular complexity index is 551. The Morgan fingerprint density at radius 1 is 1.32 bits per heavy atom. The van der Waals surface area contributed by atoms with Crippen LogP contribution in [0.5, 0.6) is 0 Å². The average Bonchev–Trinajstić information content (AvgIpc) is 3.13. The van der Waals surface area contributed by atoms with E-state index in [0.717, 1.165) is 25.6 Å². The van der Waals surface area contributed by atoms with Crippen LogP contribution in [0.2, 0.25) is 0 Å². The first-order chi connectivity index (χ1) is 12.9. The normalized spacial score (nSPS) is 17.8. The Morgan fingerprint density at radius 2 is 2.04 bits per heavy atom. The molecule has 0 bridgehead atoms. The highest BCUT2D eigenvalue weighted by Gasteiger charge is 2.24. The van der Waals surface area contributed by atoms with Crippen LogP contribution in [0, 0.1) is 11.3 Å². The molecule has 1 aromatic rings. The van der Waals surface area contributed by atoms with Gasteiger partial charge in [-0.3, -0.25) is 9.89 Å². The van der Waals surface area contributed by atoms with Gasteiger partial charge in [-0.1, -0.05) is 26.8 Å². The van der Waals surface area contributed by atoms with Crippen LogP contribution in [0.4, 0.5) is 0 Å². The average molecular weight is 523 g/mol. The van der Waals surface area contributed by atoms with Crippen LogP contribution < -0.4 is 10.6 Å². The monoisotopic (exact) mass is 522 g/mol. The first-order valence-corrected chi connectivity index (χ1v) is 11.1. The van der Waals surface area contributed by atoms with E-state index in [0.29, 0.717) is 12.5 Å². The molecule has 0 aliphatic carbocycles. The summed E-state index contributed by atoms with van der Waals surface area (Å²) in [6.45, 7) is 14.7. The van der Waals surface area contributed by atoms with Gasteiger partial charge in [0, 0.05) is 31.6 Å². The second kappa shape index (κ2) is 13.0. The van der Waals surface area contributed by atoms with E-state index in [1.54, 1.807) is 7.11 Å². The summed E-state index contributed by atoms with van der Waals surface area (Å²) in [7, 11) is 1.77. The third-order valence-electron chi connectivity index (χ3n) is 5.23. The van der Waals surface area contributed by atoms with E-state index in [4.69, 9.17) is 9.73 Å². The van der Waals surface area contributed by atoms with Crippen LogP contribution in [0.25, 0.3) is 0 Å². The number of hydrogen-bond donors (Lipinski definition) is 2. The molecule has 2 N–H and O–H groups in total. The molecule has 2 heterocycles. The molecule has 2 rings (SSSR count). The minimum Gasteiger partial charge on any atom is -0.379 e. The van der Waals surface area contributed by atoms with Crippen LogP contribution in [0.3, 0.4) is 0 Å². The van der Waals surface area contributed by atoms with Crippen molar-refractivity contribution in [1.29, 1.82) is 0 Å². The van der Waals surface area contributed by atoms with Gasteiger partial charge in [-0.2, -0.15) is 0 Å². The van der Waals surface area contributed by atoms with Gasteiger partial charge in [0.1, 0.15) is 0 Å². The van der Waals surface area contributed by atoms with Gasteiger partial charge in [0.15, 0.2) is 5.96 Å². The van der Waals surface area contributed by atoms with Gasteiger partial charge in [-0.05, 0) is 55.6 Å². The Kier molecular flexibility index (Phi) is 11.9. The van der Waals surface area contributed by atoms with Gasteiger partial charge in [0.2, 0.25) is 0 Å². The molecule has 0 spiro atoms. The van der Waals surface area contributed by atoms with Gasteiger partial charge in [0.05, 0.1) is 12.6 Å². The van der Waals surface area contributed by atoms with Crippen molar-refractivity contribution >= 4 is 41.3 Å². The number of thiophene rings is 1. The number of halogens is 1. The highest BCUT2D eigenvalue weighted by atomic mass is 127. The third-order valence-corrected chi connectivity index (χ3v) is 6.10. The number of methoxy groups -OCH3 is 1. The number of ether oxygens (including phenoxy) is 1. The van der Waals surface area contributed by atoms with Crippen LogP contribution in [0.1, 0.15) is 45.4 Å². The maximum absolute atomic E-state index is 5.63. The summed E-state index contributed by atoms with van der Waals surface area (Å²) >= 11 is 1.86. The molecule has 0 saturated carbocycles. The Labute approximate surface area is 192 Å². The van der Waals surface area contributed by atoms with Crippen molar-refractivity contribution in [2.24, 2.45) is 16.3 Å². The molecule has 7 heteroatoms. The highest BCUT2D eigenvalue weighted by molar-refractivity contribution is 14.0. The lowest BCUT2D eigenvalue weighted by Crippen LogP contribution is -2.43. The summed E-state index contributed by atoms with van der Waals surface area (Å²) in [4.78, 5) is 8.81. The fraction of sp³-hybridized carbons (Fsp3) is 0.762. The molecule has 1 aliphatic heterocycles. The molecular weight excluding hydrogens is 483 g/mol. The molecule has 0 radical (unpaired) electrons. The molecule has 1 atom stereocenters. The molecule has 0 aromatic carbocycles. The van der Waals surface area contributed by atoms with Gasteiger partial charge in [-0.25, -0.2) is 0 Å². The lowest BCUT2D eigenvalue weighted by Gasteiger charge is -2.32. The number of guanidine groups is 1. The van der Waals surface area contributed by atoms with E-state index < -0.39 is 0 Å². The van der Waals surface area contributed by atoms with E-state index in [-0.39, 0.29) is 35.5 Å². The highest BCUT2D eigenvalue weighted by Crippen LogP contribution is 2.22. The summed E-state index contributed by atoms with van der Waals surface area (Å²) in [6.07, 6.45) is 2.62. The first-order valence-electron chi connectivity index (χ1n) is 10.2. The first kappa shape index (κ1) is 25.7. The third kappa shape index (κ3) is 8.97. The number of nitrogens with zero attached hydrogens (tertiary/aromatic N) is 2. The van der Waals surface area contributed by atoms with Crippen molar-refractivity contribution in [3.05, 3.63) is 22.4 Å². The molecule has 1 aromatic heterocycles. The van der Waals surface area contributed by atoms with Gasteiger partial charge >= 0.3 is 0 Å². The van der Waals surface area contributed by atoms with Crippen molar-refractivity contribution < 1.29 is 4.74 Å². The molecule has 5 nitrogen and oxygen atoms in total. The van der Waals surface area contributed by atoms with Gasteiger partial charge < -0.3 is 15.4 Å². The van der Waals surface area contributed by atoms with Crippen LogP contribution in [-0.2, 0) is 11.3 Å². The van der Waals surface area contributed by atoms with E-state index in [1.807, 2.05) is 11.3 Å². The van der Waals surface area contributed by atoms with Crippen molar-refractivity contribution in [3.63, 3.8) is 0 Å². The zero-order valence-corrected chi connectivity index (χ0v) is 21.3. The molecule has 1 saturated heterocycles. The molecule has 1 fully saturated rings. The smallest absolute Gasteiger partial charge is 0.191 e. The Balaban J connectivity index is 0.00000392. The molecule has 0 amide bonds. The standard InChI is InChI=1S/C21H38N4OS.HI/c1-6-22-20(24-15-19(26-5)21(2,3)4)23-14-17-9-11-25(12-10-17)16-18-8-7-13-27-18;/h7-8,13,17,19H,6,9-12,14-16H2,1-5H3,(H2,22,23,24);1H. The second-order valence-corrected chi connectivity index (χ2v) is 9.52. The van der Waals surface area contributed by atoms with E-state index in [2.05, 4.69) is 60.7 Å². The zero-order chi connectivity index (χ0) is 19.7. The van der Waals surface area contributed by atoms with Crippen LogP contribution >= 0.6 is 35.3 Å². The van der Waals surface area contributed by atoms with E-state index in [1.165, 1.54) is 30.8 Å². The summed E-state index contributed by atoms with van der Waals surface area (Å²) in [5.74, 6) is 1.62. The number of hydrogen-bond acceptors (Lipinski definition) is 4. The van der Waals surface area contributed by atoms with Crippen LogP contribution in [-0.4, -0.2) is 56.8 Å². The predicted octanol–water partition coefficient (Wildman–Crippen LogP) is 4.19. The minimum atomic E-state index is 0. The fourth-order valence-corrected chi connectivity index (χ4v) is 4.18. The number of piperidine rings is 1. The number of aliphatic imine (C=N–C) groups is 1. The molecule has 1 aliphatic rings. The second-order valence-electron chi connectivity index (χ2n) is 8.49. The molecule has 28 heavy (non-hydrogen) atoms. The number of nitrogens with one attached hydrogen (secondary N) is 2. The summed E-state index contributed by atoms with van der Waals surface area (Å²) in [5.41, 5.74) is 0.0883. The summed E-state index contributed by atoms with van der Waals surface area (Å²) in [6, 6.07) is 4.38. The van der Waals surface area contributed by atoms with Crippen molar-refractivity contribution in [1.82, 2.24) is 15.5 Å². The molecule has 162 valence electrons. The van der Waals surface area contributed by atoms with Crippen molar-refractivity contribution in [3.8, 4) is 0 Å². The van der Waals surface area contributed by atoms with Crippen LogP contribution in [0.15, 0.2) is 22.5 Å². The van der Waals surface area contributed by atoms with Crippen molar-refractivity contribution in [2.75, 3.05) is 39.8 Å². The lowest BCUT2D eigenvalue weighted by molar-refractivity contribution is 0.0241. The number of rotatable bonds is 8. The van der Waals surface area contributed by atoms with E-state index >= 15 is 0 Å². The summed E-state index contributed by atoms with van der Waals surface area (Å²) in [5, 5.41) is 9.08. The molecule has 1 unspecified atom stereocenters. The largest absolute Gasteiger partial charge is 0.379 e. The Hall–Kier alpha value is -0.380. The fourth-order valence-electron chi connectivity index (χ4n) is 3.43. The summed E-state index contributed by atoms with van der Waals surface area (Å²) < 4.78 is 5.63. The lowest BCUT2D eigenvalue weighted by atomic mass is 9.89. The number of likely N-dealkylation sites (tertiary alicyclic amines) is 1. The minimum absolute atomic E-state index is 0. The maximum Gasteiger partial charge on any atom is 0.191 e. The van der Waals surface area contributed by atoms with Gasteiger partial charge in [-0.15, -0.1) is 35.3 Å². The SMILES string of the molecule is CCNC(=NCC(OC)C(C)(C)C)NCC1CCN(Cc2cccs2)CC1.I. The predicted molar refractivity (Wildman–Crippen MR) is 132 cm³/mol. The topological polar surface area (TPSA) is 48.9 Å². The maximum atomic E-state index is 5.63. The van der Waals surface area contributed by atoms with Crippen molar-refractivity contribution in [2.45, 2.75) is 53.2 Å². The zero-order valence-electron chi connectivity index (χ0n) is 18.2.